The normalized spacial score (nSPS) is 13.9. The molecule has 102 heavy (non-hydrogen) atoms. The molecule has 5 atom stereocenters. The number of phosphoric acid groups is 2. The monoisotopic (exact) mass is 1490 g/mol. The molecule has 0 aliphatic carbocycles. The number of rotatable bonds is 82. The van der Waals surface area contributed by atoms with Crippen molar-refractivity contribution in [2.45, 2.75) is 458 Å². The van der Waals surface area contributed by atoms with Gasteiger partial charge in [0.05, 0.1) is 26.4 Å². The Bertz CT molecular complexity index is 1960. The van der Waals surface area contributed by atoms with Gasteiger partial charge in [-0.25, -0.2) is 9.13 Å². The number of carbonyl (C=O) groups is 4. The number of hydrogen-bond donors (Lipinski definition) is 3. The van der Waals surface area contributed by atoms with Crippen LogP contribution >= 0.6 is 15.6 Å². The summed E-state index contributed by atoms with van der Waals surface area (Å²) < 4.78 is 68.8. The van der Waals surface area contributed by atoms with E-state index in [9.17, 15) is 43.2 Å². The number of ether oxygens (including phenoxy) is 4. The maximum absolute atomic E-state index is 13.1. The van der Waals surface area contributed by atoms with E-state index in [4.69, 9.17) is 37.0 Å². The van der Waals surface area contributed by atoms with Gasteiger partial charge >= 0.3 is 39.5 Å². The number of phosphoric ester groups is 2. The fourth-order valence-electron chi connectivity index (χ4n) is 12.9. The molecule has 0 fully saturated rings. The summed E-state index contributed by atoms with van der Waals surface area (Å²) in [5.41, 5.74) is 0. The number of aliphatic hydroxyl groups is 1. The van der Waals surface area contributed by atoms with Gasteiger partial charge in [-0.05, 0) is 37.5 Å². The lowest BCUT2D eigenvalue weighted by molar-refractivity contribution is -0.161. The van der Waals surface area contributed by atoms with Crippen molar-refractivity contribution in [3.63, 3.8) is 0 Å². The van der Waals surface area contributed by atoms with E-state index < -0.39 is 97.5 Å². The highest BCUT2D eigenvalue weighted by Crippen LogP contribution is 2.45. The zero-order chi connectivity index (χ0) is 74.9. The van der Waals surface area contributed by atoms with Crippen LogP contribution in [0.3, 0.4) is 0 Å². The SMILES string of the molecule is CCCCCCCCCCCCCCCCCCCCCC(=O)O[C@H](COC(=O)CCCCCCCCCCCCCCC(C)C)COP(=O)(O)OC[C@@H](O)COP(=O)(O)OC[C@@H](COC(=O)CCCCCCCCCCCCCCC)OC(=O)CCCCCCCCCCCCCCC(C)C. The zero-order valence-corrected chi connectivity index (χ0v) is 68.7. The Labute approximate surface area is 626 Å². The van der Waals surface area contributed by atoms with Crippen LogP contribution in [0, 0.1) is 11.8 Å². The molecule has 0 saturated carbocycles. The molecular weight excluding hydrogens is 1330 g/mol. The van der Waals surface area contributed by atoms with Gasteiger partial charge in [0, 0.05) is 25.7 Å². The molecule has 0 aromatic carbocycles. The summed E-state index contributed by atoms with van der Waals surface area (Å²) in [6.07, 6.45) is 65.1. The van der Waals surface area contributed by atoms with Crippen molar-refractivity contribution in [3.8, 4) is 0 Å². The van der Waals surface area contributed by atoms with E-state index in [1.165, 1.54) is 257 Å². The zero-order valence-electron chi connectivity index (χ0n) is 66.9. The molecule has 0 heterocycles. The Morgan fingerprint density at radius 1 is 0.265 bits per heavy atom. The molecule has 2 unspecified atom stereocenters. The maximum atomic E-state index is 13.1. The molecule has 0 amide bonds. The minimum absolute atomic E-state index is 0.108. The van der Waals surface area contributed by atoms with Crippen LogP contribution in [0.4, 0.5) is 0 Å². The molecule has 0 aromatic heterocycles. The van der Waals surface area contributed by atoms with E-state index in [2.05, 4.69) is 41.5 Å². The van der Waals surface area contributed by atoms with Gasteiger partial charge < -0.3 is 33.8 Å². The summed E-state index contributed by atoms with van der Waals surface area (Å²) in [5.74, 6) is -0.545. The maximum Gasteiger partial charge on any atom is 0.472 e. The molecule has 3 N–H and O–H groups in total. The quantitative estimate of drug-likeness (QED) is 0.0222. The highest BCUT2D eigenvalue weighted by molar-refractivity contribution is 7.47. The third-order valence-corrected chi connectivity index (χ3v) is 21.4. The van der Waals surface area contributed by atoms with Crippen molar-refractivity contribution >= 4 is 39.5 Å². The molecule has 17 nitrogen and oxygen atoms in total. The average Bonchev–Trinajstić information content (AvgIpc) is 1.08. The lowest BCUT2D eigenvalue weighted by atomic mass is 10.0. The molecule has 0 aromatic rings. The van der Waals surface area contributed by atoms with Crippen LogP contribution in [-0.4, -0.2) is 96.7 Å². The van der Waals surface area contributed by atoms with Gasteiger partial charge in [0.2, 0.25) is 0 Å². The number of esters is 4. The first kappa shape index (κ1) is 100. The molecule has 0 radical (unpaired) electrons. The molecule has 0 aliphatic heterocycles. The molecule has 0 bridgehead atoms. The fraction of sp³-hybridized carbons (Fsp3) is 0.952. The summed E-state index contributed by atoms with van der Waals surface area (Å²) >= 11 is 0. The second kappa shape index (κ2) is 74.5. The van der Waals surface area contributed by atoms with E-state index >= 15 is 0 Å². The average molecular weight is 1490 g/mol. The number of unbranched alkanes of at least 4 members (excludes halogenated alkanes) is 52. The van der Waals surface area contributed by atoms with Crippen molar-refractivity contribution in [2.24, 2.45) is 11.8 Å². The first-order valence-electron chi connectivity index (χ1n) is 43.0. The Morgan fingerprint density at radius 3 is 0.667 bits per heavy atom. The number of carbonyl (C=O) groups excluding carboxylic acids is 4. The summed E-state index contributed by atoms with van der Waals surface area (Å²) in [6, 6.07) is 0. The largest absolute Gasteiger partial charge is 0.472 e. The van der Waals surface area contributed by atoms with Crippen LogP contribution in [0.1, 0.15) is 440 Å². The van der Waals surface area contributed by atoms with Gasteiger partial charge in [0.1, 0.15) is 19.3 Å². The van der Waals surface area contributed by atoms with Crippen molar-refractivity contribution in [2.75, 3.05) is 39.6 Å². The van der Waals surface area contributed by atoms with Gasteiger partial charge in [0.25, 0.3) is 0 Å². The van der Waals surface area contributed by atoms with Crippen LogP contribution in [0.25, 0.3) is 0 Å². The Balaban J connectivity index is 5.26. The van der Waals surface area contributed by atoms with E-state index in [0.29, 0.717) is 25.7 Å². The minimum atomic E-state index is -4.96. The van der Waals surface area contributed by atoms with Gasteiger partial charge in [-0.15, -0.1) is 0 Å². The first-order valence-corrected chi connectivity index (χ1v) is 46.0. The van der Waals surface area contributed by atoms with Crippen molar-refractivity contribution in [1.29, 1.82) is 0 Å². The standard InChI is InChI=1S/C83H162O17P2/c1-7-9-11-13-15-17-19-21-22-23-24-25-26-28-37-43-49-55-61-67-82(87)99-78(72-94-81(86)66-60-54-48-42-36-31-29-33-39-45-51-57-63-75(3)4)73-97-101(89,90)95-69-77(84)70-96-102(91,92)98-74-79(71-93-80(85)65-59-53-47-41-35-27-20-18-16-14-12-10-8-2)100-83(88)68-62-56-50-44-38-32-30-34-40-46-52-58-64-76(5)6/h75-79,84H,7-74H2,1-6H3,(H,89,90)(H,91,92)/t77-,78-,79-/m1/s1. The minimum Gasteiger partial charge on any atom is -0.462 e. The molecular formula is C83H162O17P2. The van der Waals surface area contributed by atoms with Crippen LogP contribution in [0.15, 0.2) is 0 Å². The molecule has 0 saturated heterocycles. The van der Waals surface area contributed by atoms with Crippen LogP contribution in [-0.2, 0) is 65.4 Å². The van der Waals surface area contributed by atoms with Crippen molar-refractivity contribution in [1.82, 2.24) is 0 Å². The Kier molecular flexibility index (Phi) is 73.1. The van der Waals surface area contributed by atoms with E-state index in [1.54, 1.807) is 0 Å². The van der Waals surface area contributed by atoms with Gasteiger partial charge in [-0.1, -0.05) is 388 Å². The second-order valence-corrected chi connectivity index (χ2v) is 33.7. The fourth-order valence-corrected chi connectivity index (χ4v) is 14.5. The van der Waals surface area contributed by atoms with Crippen LogP contribution in [0.5, 0.6) is 0 Å². The van der Waals surface area contributed by atoms with E-state index in [1.807, 2.05) is 0 Å². The predicted octanol–water partition coefficient (Wildman–Crippen LogP) is 25.1. The lowest BCUT2D eigenvalue weighted by Crippen LogP contribution is -2.30. The number of aliphatic hydroxyl groups excluding tert-OH is 1. The van der Waals surface area contributed by atoms with Crippen molar-refractivity contribution < 1.29 is 80.2 Å². The summed E-state index contributed by atoms with van der Waals surface area (Å²) in [7, 11) is -9.92. The van der Waals surface area contributed by atoms with Gasteiger partial charge in [0.15, 0.2) is 12.2 Å². The lowest BCUT2D eigenvalue weighted by Gasteiger charge is -2.21. The third kappa shape index (κ3) is 76.3. The smallest absolute Gasteiger partial charge is 0.462 e. The first-order chi connectivity index (χ1) is 49.4. The Morgan fingerprint density at radius 2 is 0.451 bits per heavy atom. The molecule has 0 rings (SSSR count). The molecule has 606 valence electrons. The van der Waals surface area contributed by atoms with Crippen LogP contribution < -0.4 is 0 Å². The summed E-state index contributed by atoms with van der Waals surface area (Å²) in [6.45, 7) is 9.68. The van der Waals surface area contributed by atoms with Gasteiger partial charge in [-0.2, -0.15) is 0 Å². The third-order valence-electron chi connectivity index (χ3n) is 19.5. The number of hydrogen-bond acceptors (Lipinski definition) is 15. The van der Waals surface area contributed by atoms with Crippen LogP contribution in [0.2, 0.25) is 0 Å². The summed E-state index contributed by atoms with van der Waals surface area (Å²) in [4.78, 5) is 73.2. The summed E-state index contributed by atoms with van der Waals surface area (Å²) in [5, 5.41) is 10.7. The predicted molar refractivity (Wildman–Crippen MR) is 418 cm³/mol. The highest BCUT2D eigenvalue weighted by atomic mass is 31.2. The highest BCUT2D eigenvalue weighted by Gasteiger charge is 2.30. The molecule has 0 spiro atoms. The molecule has 19 heteroatoms. The van der Waals surface area contributed by atoms with Gasteiger partial charge in [-0.3, -0.25) is 37.3 Å². The molecule has 0 aliphatic rings. The topological polar surface area (TPSA) is 237 Å². The van der Waals surface area contributed by atoms with E-state index in [-0.39, 0.29) is 25.7 Å². The Hall–Kier alpha value is -1.94. The second-order valence-electron chi connectivity index (χ2n) is 30.8. The van der Waals surface area contributed by atoms with Crippen molar-refractivity contribution in [3.05, 3.63) is 0 Å². The van der Waals surface area contributed by atoms with E-state index in [0.717, 1.165) is 102 Å².